The molecule has 1 N–H and O–H groups in total. The average molecular weight is 484 g/mol. The van der Waals surface area contributed by atoms with E-state index in [1.54, 1.807) is 38.2 Å². The third kappa shape index (κ3) is 3.96. The fourth-order valence-electron chi connectivity index (χ4n) is 3.71. The molecule has 1 aromatic heterocycles. The van der Waals surface area contributed by atoms with Crippen molar-refractivity contribution in [1.82, 2.24) is 9.13 Å². The minimum absolute atomic E-state index is 0.0191. The number of aryl methyl sites for hydroxylation is 2. The van der Waals surface area contributed by atoms with Gasteiger partial charge >= 0.3 is 5.69 Å². The van der Waals surface area contributed by atoms with Crippen LogP contribution >= 0.6 is 0 Å². The van der Waals surface area contributed by atoms with E-state index < -0.39 is 21.6 Å². The van der Waals surface area contributed by atoms with Gasteiger partial charge in [-0.25, -0.2) is 17.6 Å². The quantitative estimate of drug-likeness (QED) is 0.423. The number of benzene rings is 3. The predicted molar refractivity (Wildman–Crippen MR) is 126 cm³/mol. The molecule has 0 aliphatic heterocycles. The second-order valence-electron chi connectivity index (χ2n) is 7.58. The maximum atomic E-state index is 13.5. The van der Waals surface area contributed by atoms with Crippen LogP contribution in [0, 0.1) is 5.82 Å². The Hall–Kier alpha value is -3.92. The molecule has 0 atom stereocenters. The number of nitrogens with zero attached hydrogens (tertiary/aromatic N) is 2. The highest BCUT2D eigenvalue weighted by Crippen LogP contribution is 2.32. The van der Waals surface area contributed by atoms with Gasteiger partial charge in [-0.2, -0.15) is 0 Å². The molecule has 8 nitrogen and oxygen atoms in total. The van der Waals surface area contributed by atoms with Crippen LogP contribution in [0.2, 0.25) is 0 Å². The van der Waals surface area contributed by atoms with Crippen LogP contribution in [-0.4, -0.2) is 30.1 Å². The SMILES string of the molecule is CCOc1ccccc1C(=O)Nc1cc2c(cc1S(=O)(=O)c1ccc(F)cc1)n(C)c(=O)n2C. The number of carbonyl (C=O) groups is 1. The van der Waals surface area contributed by atoms with Crippen molar-refractivity contribution in [3.63, 3.8) is 0 Å². The number of amides is 1. The number of rotatable bonds is 6. The molecule has 4 rings (SSSR count). The van der Waals surface area contributed by atoms with Gasteiger partial charge in [0.05, 0.1) is 38.7 Å². The molecular weight excluding hydrogens is 461 g/mol. The molecule has 3 aromatic carbocycles. The molecule has 4 aromatic rings. The van der Waals surface area contributed by atoms with E-state index in [9.17, 15) is 22.4 Å². The topological polar surface area (TPSA) is 99.4 Å². The summed E-state index contributed by atoms with van der Waals surface area (Å²) < 4.78 is 48.6. The van der Waals surface area contributed by atoms with Crippen molar-refractivity contribution in [3.8, 4) is 5.75 Å². The molecular formula is C24H22FN3O5S. The number of halogens is 1. The van der Waals surface area contributed by atoms with Gasteiger partial charge in [0.1, 0.15) is 11.6 Å². The monoisotopic (exact) mass is 483 g/mol. The smallest absolute Gasteiger partial charge is 0.328 e. The Morgan fingerprint density at radius 3 is 2.26 bits per heavy atom. The molecule has 0 saturated heterocycles. The summed E-state index contributed by atoms with van der Waals surface area (Å²) in [5.74, 6) is -0.820. The normalized spacial score (nSPS) is 11.5. The second kappa shape index (κ2) is 8.79. The van der Waals surface area contributed by atoms with Gasteiger partial charge in [0.25, 0.3) is 5.91 Å². The number of fused-ring (bicyclic) bond motifs is 1. The molecule has 10 heteroatoms. The molecule has 0 unspecified atom stereocenters. The van der Waals surface area contributed by atoms with E-state index in [1.807, 2.05) is 0 Å². The first-order valence-electron chi connectivity index (χ1n) is 10.4. The van der Waals surface area contributed by atoms with Crippen LogP contribution in [0.3, 0.4) is 0 Å². The van der Waals surface area contributed by atoms with Gasteiger partial charge in [-0.05, 0) is 55.5 Å². The summed E-state index contributed by atoms with van der Waals surface area (Å²) in [6, 6.07) is 13.7. The number of imidazole rings is 1. The number of aromatic nitrogens is 2. The van der Waals surface area contributed by atoms with E-state index in [-0.39, 0.29) is 26.7 Å². The standard InChI is InChI=1S/C24H22FN3O5S/c1-4-33-21-8-6-5-7-17(21)23(29)26-18-13-19-20(28(3)24(30)27(19)2)14-22(18)34(31,32)16-11-9-15(25)10-12-16/h5-14H,4H2,1-3H3,(H,26,29). The van der Waals surface area contributed by atoms with Crippen molar-refractivity contribution in [3.05, 3.63) is 82.5 Å². The zero-order valence-corrected chi connectivity index (χ0v) is 19.5. The van der Waals surface area contributed by atoms with E-state index in [0.29, 0.717) is 23.4 Å². The fraction of sp³-hybridized carbons (Fsp3) is 0.167. The molecule has 1 amide bonds. The molecule has 34 heavy (non-hydrogen) atoms. The molecule has 1 heterocycles. The highest BCUT2D eigenvalue weighted by molar-refractivity contribution is 7.91. The zero-order chi connectivity index (χ0) is 24.6. The van der Waals surface area contributed by atoms with Gasteiger partial charge in [-0.1, -0.05) is 12.1 Å². The van der Waals surface area contributed by atoms with Gasteiger partial charge < -0.3 is 10.1 Å². The van der Waals surface area contributed by atoms with Crippen molar-refractivity contribution < 1.29 is 22.3 Å². The van der Waals surface area contributed by atoms with Crippen molar-refractivity contribution in [2.45, 2.75) is 16.7 Å². The summed E-state index contributed by atoms with van der Waals surface area (Å²) in [6.45, 7) is 2.12. The fourth-order valence-corrected chi connectivity index (χ4v) is 5.13. The molecule has 0 radical (unpaired) electrons. The van der Waals surface area contributed by atoms with Crippen LogP contribution < -0.4 is 15.7 Å². The van der Waals surface area contributed by atoms with Crippen molar-refractivity contribution in [2.24, 2.45) is 14.1 Å². The lowest BCUT2D eigenvalue weighted by Gasteiger charge is -2.15. The molecule has 176 valence electrons. The lowest BCUT2D eigenvalue weighted by molar-refractivity contribution is 0.102. The summed E-state index contributed by atoms with van der Waals surface area (Å²) in [6.07, 6.45) is 0. The number of hydrogen-bond acceptors (Lipinski definition) is 5. The van der Waals surface area contributed by atoms with Crippen LogP contribution in [0.5, 0.6) is 5.75 Å². The summed E-state index contributed by atoms with van der Waals surface area (Å²) in [4.78, 5) is 25.2. The Morgan fingerprint density at radius 1 is 1.00 bits per heavy atom. The minimum Gasteiger partial charge on any atom is -0.493 e. The van der Waals surface area contributed by atoms with Gasteiger partial charge in [0.15, 0.2) is 0 Å². The van der Waals surface area contributed by atoms with Gasteiger partial charge in [-0.15, -0.1) is 0 Å². The zero-order valence-electron chi connectivity index (χ0n) is 18.7. The first kappa shape index (κ1) is 23.2. The van der Waals surface area contributed by atoms with Crippen LogP contribution in [0.4, 0.5) is 10.1 Å². The Labute approximate surface area is 195 Å². The first-order chi connectivity index (χ1) is 16.1. The number of carbonyl (C=O) groups excluding carboxylic acids is 1. The van der Waals surface area contributed by atoms with Gasteiger partial charge in [-0.3, -0.25) is 13.9 Å². The van der Waals surface area contributed by atoms with Crippen LogP contribution in [0.1, 0.15) is 17.3 Å². The molecule has 0 bridgehead atoms. The first-order valence-corrected chi connectivity index (χ1v) is 11.9. The second-order valence-corrected chi connectivity index (χ2v) is 9.50. The molecule has 0 fully saturated rings. The summed E-state index contributed by atoms with van der Waals surface area (Å²) in [5, 5.41) is 2.66. The molecule has 0 aliphatic carbocycles. The average Bonchev–Trinajstić information content (AvgIpc) is 3.03. The van der Waals surface area contributed by atoms with E-state index in [0.717, 1.165) is 24.3 Å². The van der Waals surface area contributed by atoms with E-state index in [4.69, 9.17) is 4.74 Å². The van der Waals surface area contributed by atoms with Crippen LogP contribution in [0.15, 0.2) is 75.2 Å². The maximum Gasteiger partial charge on any atom is 0.328 e. The van der Waals surface area contributed by atoms with Gasteiger partial charge in [0, 0.05) is 14.1 Å². The number of para-hydroxylation sites is 1. The lowest BCUT2D eigenvalue weighted by atomic mass is 10.1. The molecule has 0 spiro atoms. The van der Waals surface area contributed by atoms with E-state index in [1.165, 1.54) is 28.3 Å². The molecule has 0 aliphatic rings. The maximum absolute atomic E-state index is 13.5. The van der Waals surface area contributed by atoms with Crippen LogP contribution in [0.25, 0.3) is 11.0 Å². The number of anilines is 1. The Morgan fingerprint density at radius 2 is 1.62 bits per heavy atom. The third-order valence-electron chi connectivity index (χ3n) is 5.47. The van der Waals surface area contributed by atoms with Crippen molar-refractivity contribution in [1.29, 1.82) is 0 Å². The summed E-state index contributed by atoms with van der Waals surface area (Å²) in [7, 11) is -1.11. The van der Waals surface area contributed by atoms with Crippen molar-refractivity contribution in [2.75, 3.05) is 11.9 Å². The number of nitrogens with one attached hydrogen (secondary N) is 1. The Kier molecular flexibility index (Phi) is 6.01. The third-order valence-corrected chi connectivity index (χ3v) is 7.28. The lowest BCUT2D eigenvalue weighted by Crippen LogP contribution is -2.19. The molecule has 0 saturated carbocycles. The predicted octanol–water partition coefficient (Wildman–Crippen LogP) is 3.50. The largest absolute Gasteiger partial charge is 0.493 e. The van der Waals surface area contributed by atoms with Crippen molar-refractivity contribution >= 4 is 32.5 Å². The summed E-state index contributed by atoms with van der Waals surface area (Å²) in [5.41, 5.74) is 0.635. The highest BCUT2D eigenvalue weighted by atomic mass is 32.2. The summed E-state index contributed by atoms with van der Waals surface area (Å²) >= 11 is 0. The number of ether oxygens (including phenoxy) is 1. The Bertz CT molecular complexity index is 1570. The highest BCUT2D eigenvalue weighted by Gasteiger charge is 2.26. The number of sulfone groups is 1. The van der Waals surface area contributed by atoms with Gasteiger partial charge in [0.2, 0.25) is 9.84 Å². The van der Waals surface area contributed by atoms with E-state index in [2.05, 4.69) is 5.32 Å². The number of hydrogen-bond donors (Lipinski definition) is 1. The Balaban J connectivity index is 1.92. The van der Waals surface area contributed by atoms with Crippen LogP contribution in [-0.2, 0) is 23.9 Å². The minimum atomic E-state index is -4.18. The van der Waals surface area contributed by atoms with E-state index >= 15 is 0 Å².